The van der Waals surface area contributed by atoms with E-state index in [9.17, 15) is 9.59 Å². The first-order chi connectivity index (χ1) is 22.2. The summed E-state index contributed by atoms with van der Waals surface area (Å²) in [6.45, 7) is 7.07. The maximum Gasteiger partial charge on any atom is 0.300 e. The number of amides is 2. The first kappa shape index (κ1) is 30.8. The minimum absolute atomic E-state index is 0.260. The molecule has 0 saturated heterocycles. The Hall–Kier alpha value is -5.23. The van der Waals surface area contributed by atoms with Crippen molar-refractivity contribution in [2.75, 3.05) is 0 Å². The van der Waals surface area contributed by atoms with Gasteiger partial charge in [-0.1, -0.05) is 36.4 Å². The van der Waals surface area contributed by atoms with E-state index in [0.29, 0.717) is 42.4 Å². The normalized spacial score (nSPS) is 12.8. The second-order valence-corrected chi connectivity index (χ2v) is 11.3. The van der Waals surface area contributed by atoms with E-state index in [1.54, 1.807) is 16.8 Å². The summed E-state index contributed by atoms with van der Waals surface area (Å²) in [5.41, 5.74) is 7.87. The van der Waals surface area contributed by atoms with Gasteiger partial charge in [0.05, 0.1) is 27.8 Å². The Balaban J connectivity index is 1.40. The van der Waals surface area contributed by atoms with Gasteiger partial charge in [-0.25, -0.2) is 0 Å². The van der Waals surface area contributed by atoms with Crippen molar-refractivity contribution in [3.8, 4) is 0 Å². The number of halogens is 1. The van der Waals surface area contributed by atoms with Crippen LogP contribution in [0.25, 0.3) is 22.1 Å². The molecule has 13 heteroatoms. The number of carbonyl (C=O) groups is 2. The number of benzene rings is 2. The van der Waals surface area contributed by atoms with Gasteiger partial charge in [-0.15, -0.1) is 11.6 Å². The van der Waals surface area contributed by atoms with Crippen molar-refractivity contribution in [2.24, 2.45) is 24.1 Å². The lowest BCUT2D eigenvalue weighted by atomic mass is 10.2. The number of hydrogen-bond donors (Lipinski definition) is 1. The molecule has 0 bridgehead atoms. The largest absolute Gasteiger partial charge is 0.313 e. The van der Waals surface area contributed by atoms with Crippen LogP contribution in [0.1, 0.15) is 44.9 Å². The number of hydrogen-bond acceptors (Lipinski definition) is 4. The summed E-state index contributed by atoms with van der Waals surface area (Å²) in [7, 11) is 3.79. The highest BCUT2D eigenvalue weighted by molar-refractivity contribution is 6.17. The van der Waals surface area contributed by atoms with Gasteiger partial charge in [-0.3, -0.25) is 19.4 Å². The maximum absolute atomic E-state index is 13.5. The fraction of sp³-hybridized carbons (Fsp3) is 0.273. The molecule has 0 spiro atoms. The van der Waals surface area contributed by atoms with Crippen LogP contribution in [0.2, 0.25) is 0 Å². The molecule has 0 aliphatic heterocycles. The molecule has 4 aromatic heterocycles. The molecular formula is C33H35ClN10O2. The van der Waals surface area contributed by atoms with E-state index >= 15 is 0 Å². The highest BCUT2D eigenvalue weighted by atomic mass is 35.5. The smallest absolute Gasteiger partial charge is 0.300 e. The number of rotatable bonds is 8. The summed E-state index contributed by atoms with van der Waals surface area (Å²) in [6, 6.07) is 17.3. The zero-order chi connectivity index (χ0) is 32.5. The van der Waals surface area contributed by atoms with Gasteiger partial charge in [0.15, 0.2) is 5.69 Å². The van der Waals surface area contributed by atoms with E-state index < -0.39 is 5.91 Å². The molecule has 0 atom stereocenters. The lowest BCUT2D eigenvalue weighted by Gasteiger charge is -2.06. The predicted molar refractivity (Wildman–Crippen MR) is 176 cm³/mol. The number of aryl methyl sites for hydroxylation is 5. The first-order valence-corrected chi connectivity index (χ1v) is 15.5. The Labute approximate surface area is 269 Å². The number of nitrogens with zero attached hydrogens (tertiary/aromatic N) is 9. The average Bonchev–Trinajstić information content (AvgIpc) is 3.80. The number of nitrogens with one attached hydrogen (secondary N) is 1. The molecule has 0 saturated carbocycles. The predicted octanol–water partition coefficient (Wildman–Crippen LogP) is 4.31. The minimum atomic E-state index is -0.427. The van der Waals surface area contributed by atoms with Crippen LogP contribution in [0.3, 0.4) is 0 Å². The molecule has 236 valence electrons. The number of allylic oxidation sites excluding steroid dienone is 2. The van der Waals surface area contributed by atoms with Crippen LogP contribution in [0, 0.1) is 13.8 Å². The molecular weight excluding hydrogens is 604 g/mol. The van der Waals surface area contributed by atoms with Gasteiger partial charge in [0.25, 0.3) is 5.91 Å². The van der Waals surface area contributed by atoms with Crippen molar-refractivity contribution in [3.05, 3.63) is 106 Å². The van der Waals surface area contributed by atoms with Crippen LogP contribution in [0.4, 0.5) is 0 Å². The van der Waals surface area contributed by atoms with Crippen LogP contribution in [0.15, 0.2) is 76.7 Å². The van der Waals surface area contributed by atoms with E-state index in [1.165, 1.54) is 0 Å². The van der Waals surface area contributed by atoms with Crippen LogP contribution in [0.5, 0.6) is 0 Å². The van der Waals surface area contributed by atoms with Gasteiger partial charge in [0, 0.05) is 45.3 Å². The maximum atomic E-state index is 13.5. The molecule has 0 radical (unpaired) electrons. The number of imidazole rings is 2. The Bertz CT molecular complexity index is 2290. The summed E-state index contributed by atoms with van der Waals surface area (Å²) in [4.78, 5) is 35.6. The fourth-order valence-corrected chi connectivity index (χ4v) is 6.01. The second-order valence-electron chi connectivity index (χ2n) is 11.1. The van der Waals surface area contributed by atoms with Crippen molar-refractivity contribution < 1.29 is 9.59 Å². The van der Waals surface area contributed by atoms with E-state index in [0.717, 1.165) is 39.0 Å². The Kier molecular flexibility index (Phi) is 8.46. The number of aromatic nitrogens is 8. The van der Waals surface area contributed by atoms with Crippen LogP contribution < -0.4 is 11.2 Å². The van der Waals surface area contributed by atoms with Crippen molar-refractivity contribution in [2.45, 2.75) is 46.3 Å². The Morgan fingerprint density at radius 2 is 1.52 bits per heavy atom. The Morgan fingerprint density at radius 3 is 2.22 bits per heavy atom. The SMILES string of the molecule is CCn1nc(C)cc1C(=O)N=c1n(C)c2cccc(CCl)c2n1C/C=C/Cn1c(=NC(=O)c2cc(C)[nH]n2)n(C)c2ccccc21. The first-order valence-electron chi connectivity index (χ1n) is 15.0. The zero-order valence-electron chi connectivity index (χ0n) is 26.4. The van der Waals surface area contributed by atoms with Crippen molar-refractivity contribution in [1.29, 1.82) is 0 Å². The van der Waals surface area contributed by atoms with E-state index in [4.69, 9.17) is 11.6 Å². The molecule has 0 unspecified atom stereocenters. The molecule has 0 aliphatic carbocycles. The summed E-state index contributed by atoms with van der Waals surface area (Å²) in [5, 5.41) is 11.3. The number of carbonyl (C=O) groups excluding carboxylic acids is 2. The molecule has 2 aromatic carbocycles. The number of fused-ring (bicyclic) bond motifs is 2. The van der Waals surface area contributed by atoms with Gasteiger partial charge < -0.3 is 18.3 Å². The van der Waals surface area contributed by atoms with Gasteiger partial charge in [-0.05, 0) is 56.7 Å². The summed E-state index contributed by atoms with van der Waals surface area (Å²) >= 11 is 6.39. The molecule has 0 aliphatic rings. The van der Waals surface area contributed by atoms with Crippen molar-refractivity contribution in [3.63, 3.8) is 0 Å². The molecule has 0 fully saturated rings. The third kappa shape index (κ3) is 5.56. The van der Waals surface area contributed by atoms with Gasteiger partial charge in [-0.2, -0.15) is 20.2 Å². The summed E-state index contributed by atoms with van der Waals surface area (Å²) < 4.78 is 9.47. The topological polar surface area (TPSA) is 125 Å². The van der Waals surface area contributed by atoms with Crippen molar-refractivity contribution in [1.82, 2.24) is 38.2 Å². The van der Waals surface area contributed by atoms with Gasteiger partial charge >= 0.3 is 5.91 Å². The third-order valence-electron chi connectivity index (χ3n) is 7.98. The van der Waals surface area contributed by atoms with E-state index in [-0.39, 0.29) is 11.6 Å². The van der Waals surface area contributed by atoms with Gasteiger partial charge in [0.2, 0.25) is 11.2 Å². The highest BCUT2D eigenvalue weighted by Crippen LogP contribution is 2.20. The minimum Gasteiger partial charge on any atom is -0.313 e. The van der Waals surface area contributed by atoms with Gasteiger partial charge in [0.1, 0.15) is 5.69 Å². The van der Waals surface area contributed by atoms with Crippen LogP contribution in [-0.2, 0) is 39.6 Å². The summed E-state index contributed by atoms with van der Waals surface area (Å²) in [6.07, 6.45) is 4.04. The van der Waals surface area contributed by atoms with E-state index in [2.05, 4.69) is 25.3 Å². The standard InChI is InChI=1S/C33H35ClN10O2/c1-6-44-28(19-22(3)39-44)31(46)36-33-41(5)27-15-11-12-23(20-34)29(27)43(33)17-10-9-16-42-26-14-8-7-13-25(26)40(4)32(42)35-30(45)24-18-21(2)37-38-24/h7-15,18-19H,6,16-17,20H2,1-5H3,(H,37,38)/b10-9+,35-32?,36-33?. The third-order valence-corrected chi connectivity index (χ3v) is 8.27. The summed E-state index contributed by atoms with van der Waals surface area (Å²) in [5.74, 6) is -0.489. The quantitative estimate of drug-likeness (QED) is 0.197. The second kappa shape index (κ2) is 12.6. The lowest BCUT2D eigenvalue weighted by molar-refractivity contribution is 0.0980. The Morgan fingerprint density at radius 1 is 0.870 bits per heavy atom. The number of para-hydroxylation sites is 3. The highest BCUT2D eigenvalue weighted by Gasteiger charge is 2.17. The van der Waals surface area contributed by atoms with Crippen LogP contribution >= 0.6 is 11.6 Å². The number of aromatic amines is 1. The molecule has 1 N–H and O–H groups in total. The molecule has 2 amide bonds. The number of alkyl halides is 1. The fourth-order valence-electron chi connectivity index (χ4n) is 5.80. The molecule has 46 heavy (non-hydrogen) atoms. The number of H-pyrrole nitrogens is 1. The monoisotopic (exact) mass is 638 g/mol. The average molecular weight is 639 g/mol. The van der Waals surface area contributed by atoms with Crippen LogP contribution in [-0.4, -0.2) is 50.1 Å². The molecule has 4 heterocycles. The molecule has 12 nitrogen and oxygen atoms in total. The lowest BCUT2D eigenvalue weighted by Crippen LogP contribution is -2.27. The zero-order valence-corrected chi connectivity index (χ0v) is 27.2. The molecule has 6 aromatic rings. The van der Waals surface area contributed by atoms with E-state index in [1.807, 2.05) is 108 Å². The van der Waals surface area contributed by atoms with Crippen molar-refractivity contribution >= 4 is 45.5 Å². The molecule has 6 rings (SSSR count).